The molecule has 5 heteroatoms. The molecule has 0 amide bonds. The summed E-state index contributed by atoms with van der Waals surface area (Å²) in [6.07, 6.45) is 0. The molecule has 0 spiro atoms. The summed E-state index contributed by atoms with van der Waals surface area (Å²) in [6.45, 7) is 0. The fourth-order valence-electron chi connectivity index (χ4n) is 6.95. The highest BCUT2D eigenvalue weighted by Gasteiger charge is 2.19. The van der Waals surface area contributed by atoms with Crippen LogP contribution in [0.25, 0.3) is 60.1 Å². The predicted molar refractivity (Wildman–Crippen MR) is 197 cm³/mol. The Balaban J connectivity index is 1.30. The number of nitrogens with zero attached hydrogens (tertiary/aromatic N) is 3. The van der Waals surface area contributed by atoms with Crippen LogP contribution < -0.4 is 5.43 Å². The minimum Gasteiger partial charge on any atom is -0.309 e. The molecule has 0 unspecified atom stereocenters. The average Bonchev–Trinajstić information content (AvgIpc) is 3.65. The summed E-state index contributed by atoms with van der Waals surface area (Å²) in [5, 5.41) is 16.1. The van der Waals surface area contributed by atoms with Gasteiger partial charge in [-0.25, -0.2) is 4.99 Å². The lowest BCUT2D eigenvalue weighted by Gasteiger charge is -2.15. The molecule has 0 radical (unpaired) electrons. The van der Waals surface area contributed by atoms with Gasteiger partial charge in [0.1, 0.15) is 0 Å². The normalized spacial score (nSPS) is 12.0. The minimum absolute atomic E-state index is 0.195. The first-order valence-electron chi connectivity index (χ1n) is 15.7. The smallest absolute Gasteiger partial charge is 0.154 e. The van der Waals surface area contributed by atoms with Crippen molar-refractivity contribution >= 4 is 66.1 Å². The molecule has 47 heavy (non-hydrogen) atoms. The molecule has 9 aromatic rings. The SMILES string of the molecule is N=C(N=C(Nn1c2ccccc2c2c3ccc4c(c3ccc21)c1ccccc1n4-c1ccccc1)c1ccccc1)c1ccccc1. The highest BCUT2D eigenvalue weighted by Crippen LogP contribution is 2.41. The van der Waals surface area contributed by atoms with E-state index in [0.29, 0.717) is 5.84 Å². The fourth-order valence-corrected chi connectivity index (χ4v) is 6.95. The summed E-state index contributed by atoms with van der Waals surface area (Å²) in [6, 6.07) is 56.4. The van der Waals surface area contributed by atoms with Crippen molar-refractivity contribution in [1.82, 2.24) is 9.24 Å². The van der Waals surface area contributed by atoms with Gasteiger partial charge in [-0.05, 0) is 47.2 Å². The summed E-state index contributed by atoms with van der Waals surface area (Å²) in [5.74, 6) is 0.795. The molecular weight excluding hydrogens is 574 g/mol. The van der Waals surface area contributed by atoms with Crippen LogP contribution in [0.3, 0.4) is 0 Å². The summed E-state index contributed by atoms with van der Waals surface area (Å²) in [4.78, 5) is 4.84. The number of para-hydroxylation sites is 3. The van der Waals surface area contributed by atoms with E-state index in [9.17, 15) is 0 Å². The van der Waals surface area contributed by atoms with Crippen molar-refractivity contribution in [2.45, 2.75) is 0 Å². The van der Waals surface area contributed by atoms with E-state index in [1.807, 2.05) is 60.7 Å². The van der Waals surface area contributed by atoms with Gasteiger partial charge in [-0.2, -0.15) is 0 Å². The van der Waals surface area contributed by atoms with Crippen molar-refractivity contribution in [2.24, 2.45) is 4.99 Å². The van der Waals surface area contributed by atoms with Crippen LogP contribution in [-0.2, 0) is 0 Å². The summed E-state index contributed by atoms with van der Waals surface area (Å²) in [7, 11) is 0. The molecule has 0 aliphatic carbocycles. The van der Waals surface area contributed by atoms with Gasteiger partial charge >= 0.3 is 0 Å². The Morgan fingerprint density at radius 2 is 0.957 bits per heavy atom. The van der Waals surface area contributed by atoms with Crippen LogP contribution in [0.4, 0.5) is 0 Å². The molecule has 2 heterocycles. The zero-order chi connectivity index (χ0) is 31.3. The van der Waals surface area contributed by atoms with Gasteiger partial charge < -0.3 is 4.57 Å². The minimum atomic E-state index is 0.195. The van der Waals surface area contributed by atoms with Gasteiger partial charge in [0.15, 0.2) is 11.7 Å². The van der Waals surface area contributed by atoms with Gasteiger partial charge in [0.05, 0.1) is 22.1 Å². The van der Waals surface area contributed by atoms with Crippen LogP contribution in [0.5, 0.6) is 0 Å². The summed E-state index contributed by atoms with van der Waals surface area (Å²) < 4.78 is 4.48. The lowest BCUT2D eigenvalue weighted by atomic mass is 9.99. The number of hydrogen-bond donors (Lipinski definition) is 2. The number of nitrogens with one attached hydrogen (secondary N) is 2. The maximum Gasteiger partial charge on any atom is 0.154 e. The molecule has 2 aromatic heterocycles. The highest BCUT2D eigenvalue weighted by atomic mass is 15.4. The molecule has 5 nitrogen and oxygen atoms in total. The van der Waals surface area contributed by atoms with Crippen molar-refractivity contribution in [2.75, 3.05) is 5.43 Å². The molecule has 0 fully saturated rings. The number of aliphatic imine (C=N–C) groups is 1. The molecular formula is C42H29N5. The van der Waals surface area contributed by atoms with E-state index in [0.717, 1.165) is 33.2 Å². The molecule has 9 rings (SSSR count). The monoisotopic (exact) mass is 603 g/mol. The first-order chi connectivity index (χ1) is 23.3. The topological polar surface area (TPSA) is 58.1 Å². The Hall–Kier alpha value is -6.46. The van der Waals surface area contributed by atoms with Gasteiger partial charge in [0, 0.05) is 38.4 Å². The summed E-state index contributed by atoms with van der Waals surface area (Å²) >= 11 is 0. The van der Waals surface area contributed by atoms with E-state index in [-0.39, 0.29) is 5.84 Å². The Bertz CT molecular complexity index is 2650. The van der Waals surface area contributed by atoms with Gasteiger partial charge in [0.25, 0.3) is 0 Å². The second kappa shape index (κ2) is 10.9. The Morgan fingerprint density at radius 3 is 1.64 bits per heavy atom. The Morgan fingerprint density at radius 1 is 0.447 bits per heavy atom. The van der Waals surface area contributed by atoms with Crippen molar-refractivity contribution in [1.29, 1.82) is 5.41 Å². The largest absolute Gasteiger partial charge is 0.309 e. The fraction of sp³-hybridized carbons (Fsp3) is 0. The number of amidine groups is 2. The molecule has 2 N–H and O–H groups in total. The average molecular weight is 604 g/mol. The van der Waals surface area contributed by atoms with Crippen molar-refractivity contribution in [3.8, 4) is 5.69 Å². The van der Waals surface area contributed by atoms with Crippen molar-refractivity contribution < 1.29 is 0 Å². The first kappa shape index (κ1) is 26.9. The van der Waals surface area contributed by atoms with Crippen molar-refractivity contribution in [3.63, 3.8) is 0 Å². The van der Waals surface area contributed by atoms with E-state index in [2.05, 4.69) is 118 Å². The predicted octanol–water partition coefficient (Wildman–Crippen LogP) is 10.1. The van der Waals surface area contributed by atoms with Gasteiger partial charge in [-0.3, -0.25) is 15.5 Å². The third kappa shape index (κ3) is 4.32. The molecule has 0 saturated heterocycles. The standard InChI is InChI=1S/C42H29N5/c43-41(28-14-4-1-5-15-28)44-42(29-16-6-2-7-17-29)45-47-36-23-13-11-21-34(36)40-32-24-26-37-39(31(32)25-27-38(40)47)33-20-10-12-22-35(33)46(37)30-18-8-3-9-19-30/h1-27H,(H2,43,44,45). The molecule has 0 bridgehead atoms. The third-order valence-electron chi connectivity index (χ3n) is 9.02. The second-order valence-electron chi connectivity index (χ2n) is 11.7. The lowest BCUT2D eigenvalue weighted by molar-refractivity contribution is 1.08. The first-order valence-corrected chi connectivity index (χ1v) is 15.7. The van der Waals surface area contributed by atoms with Crippen LogP contribution >= 0.6 is 0 Å². The van der Waals surface area contributed by atoms with Crippen LogP contribution in [0.15, 0.2) is 169 Å². The lowest BCUT2D eigenvalue weighted by Crippen LogP contribution is -2.25. The van der Waals surface area contributed by atoms with E-state index in [4.69, 9.17) is 10.4 Å². The van der Waals surface area contributed by atoms with Crippen LogP contribution in [0.1, 0.15) is 11.1 Å². The molecule has 222 valence electrons. The summed E-state index contributed by atoms with van der Waals surface area (Å²) in [5.41, 5.74) is 10.9. The molecule has 0 atom stereocenters. The van der Waals surface area contributed by atoms with E-state index in [1.54, 1.807) is 0 Å². The van der Waals surface area contributed by atoms with Gasteiger partial charge in [-0.15, -0.1) is 0 Å². The number of aromatic nitrogens is 2. The van der Waals surface area contributed by atoms with Crippen LogP contribution in [0, 0.1) is 5.41 Å². The molecule has 0 saturated carbocycles. The maximum atomic E-state index is 8.84. The Labute approximate surface area is 271 Å². The number of hydrogen-bond acceptors (Lipinski definition) is 1. The van der Waals surface area contributed by atoms with Crippen LogP contribution in [-0.4, -0.2) is 20.9 Å². The number of rotatable bonds is 4. The molecule has 0 aliphatic rings. The highest BCUT2D eigenvalue weighted by molar-refractivity contribution is 6.29. The Kier molecular flexibility index (Phi) is 6.22. The molecule has 0 aliphatic heterocycles. The zero-order valence-electron chi connectivity index (χ0n) is 25.4. The number of benzene rings is 7. The van der Waals surface area contributed by atoms with Gasteiger partial charge in [-0.1, -0.05) is 127 Å². The van der Waals surface area contributed by atoms with Gasteiger partial charge in [0.2, 0.25) is 0 Å². The second-order valence-corrected chi connectivity index (χ2v) is 11.7. The van der Waals surface area contributed by atoms with Crippen LogP contribution in [0.2, 0.25) is 0 Å². The van der Waals surface area contributed by atoms with E-state index >= 15 is 0 Å². The third-order valence-corrected chi connectivity index (χ3v) is 9.02. The van der Waals surface area contributed by atoms with E-state index < -0.39 is 0 Å². The quantitative estimate of drug-likeness (QED) is 0.153. The molecule has 7 aromatic carbocycles. The zero-order valence-corrected chi connectivity index (χ0v) is 25.4. The maximum absolute atomic E-state index is 8.84. The van der Waals surface area contributed by atoms with E-state index in [1.165, 1.54) is 38.0 Å². The van der Waals surface area contributed by atoms with Crippen molar-refractivity contribution in [3.05, 3.63) is 175 Å². The number of fused-ring (bicyclic) bond motifs is 9.